The highest BCUT2D eigenvalue weighted by atomic mass is 79.9. The molecule has 0 nitrogen and oxygen atoms in total. The van der Waals surface area contributed by atoms with E-state index in [2.05, 4.69) is 63.0 Å². The number of rotatable bonds is 9. The summed E-state index contributed by atoms with van der Waals surface area (Å²) in [6.07, 6.45) is 9.60. The number of alkyl halides is 1. The van der Waals surface area contributed by atoms with Crippen LogP contribution in [0.2, 0.25) is 0 Å². The first-order chi connectivity index (χ1) is 8.77. The summed E-state index contributed by atoms with van der Waals surface area (Å²) in [6.45, 7) is 2.27. The molecule has 0 N–H and O–H groups in total. The normalized spacial score (nSPS) is 12.6. The van der Waals surface area contributed by atoms with Gasteiger partial charge in [-0.25, -0.2) is 0 Å². The number of benzene rings is 1. The minimum atomic E-state index is 0.671. The second-order valence-electron chi connectivity index (χ2n) is 4.96. The Balaban J connectivity index is 2.27. The Morgan fingerprint density at radius 3 is 2.17 bits per heavy atom. The van der Waals surface area contributed by atoms with E-state index < -0.39 is 0 Å². The molecular formula is C16H24Br2. The molecule has 0 amide bonds. The molecule has 1 aromatic carbocycles. The summed E-state index contributed by atoms with van der Waals surface area (Å²) >= 11 is 7.15. The summed E-state index contributed by atoms with van der Waals surface area (Å²) in [5.41, 5.74) is 1.46. The van der Waals surface area contributed by atoms with E-state index in [1.165, 1.54) is 55.0 Å². The van der Waals surface area contributed by atoms with E-state index in [0.717, 1.165) is 5.33 Å². The first kappa shape index (κ1) is 16.2. The van der Waals surface area contributed by atoms with Gasteiger partial charge in [-0.2, -0.15) is 0 Å². The van der Waals surface area contributed by atoms with Crippen LogP contribution in [0.5, 0.6) is 0 Å². The number of hydrogen-bond acceptors (Lipinski definition) is 0. The zero-order valence-corrected chi connectivity index (χ0v) is 14.5. The second-order valence-corrected chi connectivity index (χ2v) is 6.52. The molecule has 1 rings (SSSR count). The Bertz CT molecular complexity index is 305. The van der Waals surface area contributed by atoms with Crippen molar-refractivity contribution in [2.75, 3.05) is 5.33 Å². The van der Waals surface area contributed by atoms with Crippen LogP contribution in [0.4, 0.5) is 0 Å². The third-order valence-electron chi connectivity index (χ3n) is 3.43. The number of unbranched alkanes of at least 4 members (excludes halogenated alkanes) is 5. The van der Waals surface area contributed by atoms with Crippen LogP contribution in [0, 0.1) is 0 Å². The van der Waals surface area contributed by atoms with Gasteiger partial charge >= 0.3 is 0 Å². The molecule has 0 radical (unpaired) electrons. The van der Waals surface area contributed by atoms with Crippen molar-refractivity contribution in [1.82, 2.24) is 0 Å². The number of hydrogen-bond donors (Lipinski definition) is 0. The maximum atomic E-state index is 3.65. The Labute approximate surface area is 129 Å². The summed E-state index contributed by atoms with van der Waals surface area (Å²) in [7, 11) is 0. The highest BCUT2D eigenvalue weighted by molar-refractivity contribution is 9.10. The van der Waals surface area contributed by atoms with Crippen LogP contribution in [0.3, 0.4) is 0 Å². The van der Waals surface area contributed by atoms with Crippen LogP contribution >= 0.6 is 31.9 Å². The third kappa shape index (κ3) is 6.38. The van der Waals surface area contributed by atoms with Gasteiger partial charge in [0.15, 0.2) is 0 Å². The first-order valence-electron chi connectivity index (χ1n) is 7.09. The average molecular weight is 376 g/mol. The van der Waals surface area contributed by atoms with E-state index in [9.17, 15) is 0 Å². The topological polar surface area (TPSA) is 0 Å². The quantitative estimate of drug-likeness (QED) is 0.333. The smallest absolute Gasteiger partial charge is 0.0175 e. The molecule has 1 atom stereocenters. The molecule has 102 valence electrons. The summed E-state index contributed by atoms with van der Waals surface area (Å²) in [6, 6.07) is 8.78. The van der Waals surface area contributed by atoms with Crippen molar-refractivity contribution in [3.8, 4) is 0 Å². The molecule has 0 fully saturated rings. The lowest BCUT2D eigenvalue weighted by Crippen LogP contribution is -2.00. The van der Waals surface area contributed by atoms with Gasteiger partial charge in [-0.3, -0.25) is 0 Å². The SMILES string of the molecule is CCCCCCCCC(CBr)c1ccc(Br)cc1. The molecule has 0 bridgehead atoms. The van der Waals surface area contributed by atoms with Crippen LogP contribution < -0.4 is 0 Å². The Hall–Kier alpha value is 0.180. The minimum absolute atomic E-state index is 0.671. The molecule has 0 saturated heterocycles. The van der Waals surface area contributed by atoms with E-state index in [0.29, 0.717) is 5.92 Å². The van der Waals surface area contributed by atoms with E-state index in [4.69, 9.17) is 0 Å². The highest BCUT2D eigenvalue weighted by Gasteiger charge is 2.09. The van der Waals surface area contributed by atoms with Crippen LogP contribution in [-0.4, -0.2) is 5.33 Å². The molecule has 0 aliphatic heterocycles. The molecule has 0 aromatic heterocycles. The van der Waals surface area contributed by atoms with Gasteiger partial charge in [0, 0.05) is 9.80 Å². The van der Waals surface area contributed by atoms with Crippen molar-refractivity contribution < 1.29 is 0 Å². The van der Waals surface area contributed by atoms with Crippen molar-refractivity contribution in [2.24, 2.45) is 0 Å². The Kier molecular flexibility index (Phi) is 9.04. The Morgan fingerprint density at radius 1 is 0.944 bits per heavy atom. The van der Waals surface area contributed by atoms with Crippen molar-refractivity contribution in [3.05, 3.63) is 34.3 Å². The van der Waals surface area contributed by atoms with Gasteiger partial charge in [0.05, 0.1) is 0 Å². The lowest BCUT2D eigenvalue weighted by Gasteiger charge is -2.14. The van der Waals surface area contributed by atoms with Crippen LogP contribution in [-0.2, 0) is 0 Å². The van der Waals surface area contributed by atoms with E-state index in [1.807, 2.05) is 0 Å². The molecule has 1 unspecified atom stereocenters. The molecular weight excluding hydrogens is 352 g/mol. The lowest BCUT2D eigenvalue weighted by molar-refractivity contribution is 0.561. The van der Waals surface area contributed by atoms with Gasteiger partial charge in [-0.1, -0.05) is 89.4 Å². The minimum Gasteiger partial charge on any atom is -0.0921 e. The summed E-state index contributed by atoms with van der Waals surface area (Å²) in [5.74, 6) is 0.671. The monoisotopic (exact) mass is 374 g/mol. The molecule has 0 spiro atoms. The van der Waals surface area contributed by atoms with Gasteiger partial charge in [-0.15, -0.1) is 0 Å². The van der Waals surface area contributed by atoms with Gasteiger partial charge < -0.3 is 0 Å². The van der Waals surface area contributed by atoms with Crippen LogP contribution in [0.25, 0.3) is 0 Å². The lowest BCUT2D eigenvalue weighted by atomic mass is 9.95. The van der Waals surface area contributed by atoms with Crippen molar-refractivity contribution in [2.45, 2.75) is 57.8 Å². The predicted molar refractivity (Wildman–Crippen MR) is 88.7 cm³/mol. The maximum absolute atomic E-state index is 3.65. The van der Waals surface area contributed by atoms with Gasteiger partial charge in [-0.05, 0) is 30.0 Å². The predicted octanol–water partition coefficient (Wildman–Crippen LogP) is 6.68. The molecule has 0 heterocycles. The number of halogens is 2. The molecule has 1 aromatic rings. The highest BCUT2D eigenvalue weighted by Crippen LogP contribution is 2.26. The summed E-state index contributed by atoms with van der Waals surface area (Å²) in [4.78, 5) is 0. The fourth-order valence-electron chi connectivity index (χ4n) is 2.24. The van der Waals surface area contributed by atoms with E-state index >= 15 is 0 Å². The fourth-order valence-corrected chi connectivity index (χ4v) is 3.20. The molecule has 0 saturated carbocycles. The first-order valence-corrected chi connectivity index (χ1v) is 9.00. The van der Waals surface area contributed by atoms with E-state index in [-0.39, 0.29) is 0 Å². The summed E-state index contributed by atoms with van der Waals surface area (Å²) < 4.78 is 1.17. The second kappa shape index (κ2) is 10.0. The Morgan fingerprint density at radius 2 is 1.56 bits per heavy atom. The van der Waals surface area contributed by atoms with Gasteiger partial charge in [0.1, 0.15) is 0 Å². The van der Waals surface area contributed by atoms with Crippen molar-refractivity contribution in [3.63, 3.8) is 0 Å². The zero-order chi connectivity index (χ0) is 13.2. The standard InChI is InChI=1S/C16H24Br2/c1-2-3-4-5-6-7-8-15(13-17)14-9-11-16(18)12-10-14/h9-12,15H,2-8,13H2,1H3. The van der Waals surface area contributed by atoms with Crippen molar-refractivity contribution in [1.29, 1.82) is 0 Å². The van der Waals surface area contributed by atoms with Crippen LogP contribution in [0.1, 0.15) is 63.4 Å². The maximum Gasteiger partial charge on any atom is 0.0175 e. The average Bonchev–Trinajstić information content (AvgIpc) is 2.39. The molecule has 0 aliphatic carbocycles. The fraction of sp³-hybridized carbons (Fsp3) is 0.625. The van der Waals surface area contributed by atoms with Gasteiger partial charge in [0.2, 0.25) is 0 Å². The summed E-state index contributed by atoms with van der Waals surface area (Å²) in [5, 5.41) is 1.07. The van der Waals surface area contributed by atoms with Crippen molar-refractivity contribution >= 4 is 31.9 Å². The largest absolute Gasteiger partial charge is 0.0921 e. The zero-order valence-electron chi connectivity index (χ0n) is 11.3. The van der Waals surface area contributed by atoms with Crippen LogP contribution in [0.15, 0.2) is 28.7 Å². The molecule has 0 aliphatic rings. The third-order valence-corrected chi connectivity index (χ3v) is 4.74. The molecule has 18 heavy (non-hydrogen) atoms. The van der Waals surface area contributed by atoms with Gasteiger partial charge in [0.25, 0.3) is 0 Å². The molecule has 2 heteroatoms. The van der Waals surface area contributed by atoms with E-state index in [1.54, 1.807) is 0 Å².